The molecule has 6 rings (SSSR count). The van der Waals surface area contributed by atoms with Gasteiger partial charge < -0.3 is 28.4 Å². The van der Waals surface area contributed by atoms with Gasteiger partial charge >= 0.3 is 37.9 Å². The van der Waals surface area contributed by atoms with Gasteiger partial charge in [-0.2, -0.15) is 12.1 Å². The van der Waals surface area contributed by atoms with Crippen molar-refractivity contribution in [3.8, 4) is 56.8 Å². The summed E-state index contributed by atoms with van der Waals surface area (Å²) in [6, 6.07) is 29.3. The number of aryl methyl sites for hydroxylation is 2. The number of methoxy groups -OCH3 is 6. The van der Waals surface area contributed by atoms with E-state index in [2.05, 4.69) is 87.6 Å². The fourth-order valence-corrected chi connectivity index (χ4v) is 5.75. The number of ether oxygens (including phenoxy) is 6. The molecule has 6 aromatic rings. The summed E-state index contributed by atoms with van der Waals surface area (Å²) in [7, 11) is 20.7. The molecule has 0 aliphatic heterocycles. The summed E-state index contributed by atoms with van der Waals surface area (Å²) < 4.78 is 32.6. The number of hydrogen-bond donors (Lipinski definition) is 0. The molecule has 6 nitrogen and oxygen atoms in total. The molecule has 0 spiro atoms. The van der Waals surface area contributed by atoms with Gasteiger partial charge in [0.2, 0.25) is 11.5 Å². The van der Waals surface area contributed by atoms with Gasteiger partial charge in [-0.1, -0.05) is 50.2 Å². The van der Waals surface area contributed by atoms with Crippen molar-refractivity contribution in [1.29, 1.82) is 0 Å². The Morgan fingerprint density at radius 3 is 1.08 bits per heavy atom. The van der Waals surface area contributed by atoms with Crippen molar-refractivity contribution in [1.82, 2.24) is 0 Å². The van der Waals surface area contributed by atoms with Gasteiger partial charge in [-0.05, 0) is 35.4 Å². The topological polar surface area (TPSA) is 55.4 Å². The molecule has 0 N–H and O–H groups in total. The molecule has 0 bridgehead atoms. The molecule has 2 radical (unpaired) electrons. The van der Waals surface area contributed by atoms with Gasteiger partial charge in [0, 0.05) is 9.52 Å². The quantitative estimate of drug-likeness (QED) is 0.113. The Labute approximate surface area is 317 Å². The van der Waals surface area contributed by atoms with E-state index in [9.17, 15) is 0 Å². The maximum atomic E-state index is 5.45. The molecule has 0 heterocycles. The molecular formula is C40H44Cl2O6SiZr. The van der Waals surface area contributed by atoms with E-state index < -0.39 is 20.8 Å². The van der Waals surface area contributed by atoms with Crippen molar-refractivity contribution in [3.05, 3.63) is 96.1 Å². The summed E-state index contributed by atoms with van der Waals surface area (Å²) >= 11 is -0.826. The predicted molar refractivity (Wildman–Crippen MR) is 208 cm³/mol. The third kappa shape index (κ3) is 9.88. The van der Waals surface area contributed by atoms with E-state index in [0.717, 1.165) is 31.8 Å². The molecular weight excluding hydrogens is 767 g/mol. The zero-order chi connectivity index (χ0) is 36.8. The fraction of sp³-hybridized carbons (Fsp3) is 0.250. The van der Waals surface area contributed by atoms with E-state index in [4.69, 9.17) is 45.4 Å². The van der Waals surface area contributed by atoms with Crippen molar-refractivity contribution in [2.45, 2.75) is 26.9 Å². The molecule has 0 aromatic heterocycles. The zero-order valence-electron chi connectivity index (χ0n) is 30.3. The number of hydrogen-bond acceptors (Lipinski definition) is 6. The van der Waals surface area contributed by atoms with E-state index in [-0.39, 0.29) is 0 Å². The van der Waals surface area contributed by atoms with Gasteiger partial charge in [0.25, 0.3) is 0 Å². The Balaban J connectivity index is 0.000000234. The van der Waals surface area contributed by atoms with Crippen LogP contribution in [0.5, 0.6) is 34.5 Å². The molecule has 0 aliphatic rings. The van der Waals surface area contributed by atoms with Gasteiger partial charge in [0.15, 0.2) is 23.0 Å². The summed E-state index contributed by atoms with van der Waals surface area (Å²) in [5.41, 5.74) is 6.93. The molecule has 0 fully saturated rings. The predicted octanol–water partition coefficient (Wildman–Crippen LogP) is 11.3. The maximum absolute atomic E-state index is 5.45. The molecule has 0 aliphatic carbocycles. The molecule has 10 heteroatoms. The third-order valence-electron chi connectivity index (χ3n) is 7.74. The molecule has 0 atom stereocenters. The summed E-state index contributed by atoms with van der Waals surface area (Å²) in [5, 5.41) is 4.94. The van der Waals surface area contributed by atoms with Gasteiger partial charge in [0.1, 0.15) is 0 Å². The molecule has 262 valence electrons. The summed E-state index contributed by atoms with van der Waals surface area (Å²) in [5.74, 6) is 3.88. The van der Waals surface area contributed by atoms with E-state index in [1.54, 1.807) is 42.7 Å². The van der Waals surface area contributed by atoms with E-state index in [1.807, 2.05) is 24.3 Å². The average Bonchev–Trinajstić information content (AvgIpc) is 3.71. The van der Waals surface area contributed by atoms with Gasteiger partial charge in [-0.3, -0.25) is 0 Å². The minimum absolute atomic E-state index is 0.611. The van der Waals surface area contributed by atoms with Crippen LogP contribution in [0.25, 0.3) is 43.8 Å². The normalized spacial score (nSPS) is 10.0. The van der Waals surface area contributed by atoms with Crippen LogP contribution in [0.4, 0.5) is 0 Å². The molecule has 50 heavy (non-hydrogen) atoms. The zero-order valence-corrected chi connectivity index (χ0v) is 35.3. The first-order chi connectivity index (χ1) is 24.2. The monoisotopic (exact) mass is 808 g/mol. The first kappa shape index (κ1) is 41.0. The van der Waals surface area contributed by atoms with Gasteiger partial charge in [-0.15, -0.1) is 69.1 Å². The summed E-state index contributed by atoms with van der Waals surface area (Å²) in [6.07, 6.45) is 0. The van der Waals surface area contributed by atoms with Crippen LogP contribution in [0, 0.1) is 13.8 Å². The molecule has 0 amide bonds. The summed E-state index contributed by atoms with van der Waals surface area (Å²) in [6.45, 7) is 8.53. The average molecular weight is 811 g/mol. The molecule has 6 aromatic carbocycles. The third-order valence-corrected chi connectivity index (χ3v) is 7.74. The number of fused-ring (bicyclic) bond motifs is 2. The van der Waals surface area contributed by atoms with Crippen LogP contribution < -0.4 is 28.4 Å². The van der Waals surface area contributed by atoms with E-state index >= 15 is 0 Å². The van der Waals surface area contributed by atoms with Crippen LogP contribution in [0.2, 0.25) is 13.1 Å². The van der Waals surface area contributed by atoms with Crippen LogP contribution in [0.1, 0.15) is 11.1 Å². The van der Waals surface area contributed by atoms with Crippen LogP contribution in [0.15, 0.2) is 84.9 Å². The van der Waals surface area contributed by atoms with Crippen molar-refractivity contribution < 1.29 is 49.3 Å². The first-order valence-electron chi connectivity index (χ1n) is 15.7. The second-order valence-electron chi connectivity index (χ2n) is 11.1. The van der Waals surface area contributed by atoms with Gasteiger partial charge in [0.05, 0.1) is 42.7 Å². The number of rotatable bonds is 8. The summed E-state index contributed by atoms with van der Waals surface area (Å²) in [4.78, 5) is 0. The molecule has 0 saturated heterocycles. The van der Waals surface area contributed by atoms with Crippen molar-refractivity contribution in [2.24, 2.45) is 0 Å². The Morgan fingerprint density at radius 2 is 0.820 bits per heavy atom. The minimum atomic E-state index is -0.826. The Morgan fingerprint density at radius 1 is 0.520 bits per heavy atom. The number of benzene rings is 4. The Kier molecular flexibility index (Phi) is 16.8. The van der Waals surface area contributed by atoms with Crippen LogP contribution >= 0.6 is 17.0 Å². The molecule has 0 saturated carbocycles. The van der Waals surface area contributed by atoms with E-state index in [1.165, 1.54) is 32.7 Å². The van der Waals surface area contributed by atoms with Crippen LogP contribution in [-0.2, 0) is 20.8 Å². The van der Waals surface area contributed by atoms with Crippen molar-refractivity contribution >= 4 is 48.1 Å². The first-order valence-corrected chi connectivity index (χ1v) is 24.0. The Hall–Kier alpha value is -3.42. The molecule has 0 unspecified atom stereocenters. The van der Waals surface area contributed by atoms with Gasteiger partial charge in [-0.25, -0.2) is 0 Å². The van der Waals surface area contributed by atoms with Crippen molar-refractivity contribution in [3.63, 3.8) is 0 Å². The van der Waals surface area contributed by atoms with Crippen LogP contribution in [-0.4, -0.2) is 52.2 Å². The Bertz CT molecular complexity index is 1780. The van der Waals surface area contributed by atoms with E-state index in [0.29, 0.717) is 34.5 Å². The van der Waals surface area contributed by atoms with Crippen molar-refractivity contribution in [2.75, 3.05) is 42.7 Å². The second kappa shape index (κ2) is 20.4. The van der Waals surface area contributed by atoms with Crippen LogP contribution in [0.3, 0.4) is 0 Å². The second-order valence-corrected chi connectivity index (χ2v) is 15.8. The SMILES string of the molecule is COc1cc(-c2cccc3[cH-]c(C)cc23)cc(OC)c1OC.COc1cc(-c2cccc3[cH-]c(C)cc23)cc(OC)c1OC.C[Si]C.[Cl][Zr+2][Cl]. The standard InChI is InChI=1S/2C19H19O3.C2H6Si.2ClH.Zr/c2*1-12-8-13-6-5-7-15(16(13)9-12)14-10-17(20-2)19(22-4)18(11-14)21-3;1-3-2;;;/h2*5-11H,1-4H3;1-2H3;2*1H;/q2*-1;;;;+4/p-2. The number of halogens is 2. The fourth-order valence-electron chi connectivity index (χ4n) is 5.75.